The first-order chi connectivity index (χ1) is 13.0. The van der Waals surface area contributed by atoms with Crippen LogP contribution in [0.4, 0.5) is 0 Å². The zero-order valence-corrected chi connectivity index (χ0v) is 15.6. The first kappa shape index (κ1) is 16.5. The predicted molar refractivity (Wildman–Crippen MR) is 105 cm³/mol. The summed E-state index contributed by atoms with van der Waals surface area (Å²) in [5.41, 5.74) is 5.09. The number of ether oxygens (including phenoxy) is 1. The van der Waals surface area contributed by atoms with E-state index in [0.29, 0.717) is 5.92 Å². The highest BCUT2D eigenvalue weighted by molar-refractivity contribution is 5.59. The second kappa shape index (κ2) is 5.66. The van der Waals surface area contributed by atoms with Crippen LogP contribution in [0.2, 0.25) is 0 Å². The van der Waals surface area contributed by atoms with Crippen molar-refractivity contribution in [1.82, 2.24) is 0 Å². The molecule has 0 amide bonds. The Balaban J connectivity index is 1.75. The molecular formula is C24H24O3. The van der Waals surface area contributed by atoms with Gasteiger partial charge in [0, 0.05) is 23.0 Å². The molecule has 2 aromatic rings. The summed E-state index contributed by atoms with van der Waals surface area (Å²) >= 11 is 0. The maximum absolute atomic E-state index is 10.0. The standard InChI is InChI=1S/C24H24O3/c1-14(2)15-3-6-19-16(11-15)9-10-24(19)20-7-4-17(25)12-22(20)27-23-13-18(26)5-8-21(23)24/h3-8,11-14,20,22,25-26H,9-10H2,1-2H3. The number of hydrogen-bond acceptors (Lipinski definition) is 3. The Bertz CT molecular complexity index is 985. The summed E-state index contributed by atoms with van der Waals surface area (Å²) < 4.78 is 6.20. The van der Waals surface area contributed by atoms with Gasteiger partial charge < -0.3 is 14.9 Å². The van der Waals surface area contributed by atoms with Crippen molar-refractivity contribution in [2.45, 2.75) is 44.1 Å². The van der Waals surface area contributed by atoms with E-state index in [2.05, 4.69) is 38.1 Å². The molecule has 0 saturated carbocycles. The molecular weight excluding hydrogens is 336 g/mol. The van der Waals surface area contributed by atoms with E-state index in [1.165, 1.54) is 16.7 Å². The predicted octanol–water partition coefficient (Wildman–Crippen LogP) is 5.14. The highest BCUT2D eigenvalue weighted by Crippen LogP contribution is 2.57. The summed E-state index contributed by atoms with van der Waals surface area (Å²) in [7, 11) is 0. The molecule has 5 rings (SSSR count). The van der Waals surface area contributed by atoms with Crippen LogP contribution >= 0.6 is 0 Å². The van der Waals surface area contributed by atoms with Crippen LogP contribution in [0.3, 0.4) is 0 Å². The summed E-state index contributed by atoms with van der Waals surface area (Å²) in [6, 6.07) is 12.4. The Kier molecular flexibility index (Phi) is 3.45. The lowest BCUT2D eigenvalue weighted by Gasteiger charge is -2.46. The Morgan fingerprint density at radius 3 is 2.70 bits per heavy atom. The SMILES string of the molecule is CC(C)c1ccc2c(c1)CCC21c2ccc(O)cc2OC2C=C(O)C=CC21. The molecule has 1 heterocycles. The van der Waals surface area contributed by atoms with E-state index >= 15 is 0 Å². The van der Waals surface area contributed by atoms with Crippen molar-refractivity contribution >= 4 is 0 Å². The molecule has 1 spiro atoms. The summed E-state index contributed by atoms with van der Waals surface area (Å²) in [6.45, 7) is 4.46. The molecule has 3 unspecified atom stereocenters. The van der Waals surface area contributed by atoms with Gasteiger partial charge in [-0.25, -0.2) is 0 Å². The fourth-order valence-electron chi connectivity index (χ4n) is 5.20. The van der Waals surface area contributed by atoms with Crippen LogP contribution in [0.15, 0.2) is 60.4 Å². The minimum Gasteiger partial charge on any atom is -0.508 e. The molecule has 3 atom stereocenters. The van der Waals surface area contributed by atoms with Gasteiger partial charge in [0.1, 0.15) is 23.4 Å². The second-order valence-electron chi connectivity index (χ2n) is 8.28. The van der Waals surface area contributed by atoms with Crippen LogP contribution in [-0.2, 0) is 11.8 Å². The van der Waals surface area contributed by atoms with Crippen LogP contribution < -0.4 is 4.74 Å². The molecule has 2 aliphatic carbocycles. The van der Waals surface area contributed by atoms with Gasteiger partial charge in [0.25, 0.3) is 0 Å². The first-order valence-electron chi connectivity index (χ1n) is 9.71. The van der Waals surface area contributed by atoms with Crippen molar-refractivity contribution in [3.05, 3.63) is 82.6 Å². The zero-order valence-electron chi connectivity index (χ0n) is 15.6. The van der Waals surface area contributed by atoms with Crippen LogP contribution in [0.1, 0.15) is 48.4 Å². The van der Waals surface area contributed by atoms with Crippen molar-refractivity contribution < 1.29 is 14.9 Å². The van der Waals surface area contributed by atoms with Crippen molar-refractivity contribution in [3.8, 4) is 11.5 Å². The first-order valence-corrected chi connectivity index (χ1v) is 9.71. The van der Waals surface area contributed by atoms with E-state index in [-0.39, 0.29) is 28.9 Å². The van der Waals surface area contributed by atoms with E-state index in [4.69, 9.17) is 4.74 Å². The number of rotatable bonds is 1. The maximum atomic E-state index is 10.0. The molecule has 0 aromatic heterocycles. The third-order valence-corrected chi connectivity index (χ3v) is 6.51. The highest BCUT2D eigenvalue weighted by atomic mass is 16.5. The fraction of sp³-hybridized carbons (Fsp3) is 0.333. The molecule has 27 heavy (non-hydrogen) atoms. The summed E-state index contributed by atoms with van der Waals surface area (Å²) in [6.07, 6.45) is 7.48. The summed E-state index contributed by atoms with van der Waals surface area (Å²) in [5.74, 6) is 1.79. The molecule has 2 N–H and O–H groups in total. The lowest BCUT2D eigenvalue weighted by Crippen LogP contribution is -2.47. The van der Waals surface area contributed by atoms with Gasteiger partial charge in [-0.1, -0.05) is 44.2 Å². The number of phenols is 1. The molecule has 3 nitrogen and oxygen atoms in total. The molecule has 0 bridgehead atoms. The van der Waals surface area contributed by atoms with Gasteiger partial charge in [0.15, 0.2) is 0 Å². The van der Waals surface area contributed by atoms with Crippen LogP contribution in [0.5, 0.6) is 11.5 Å². The lowest BCUT2D eigenvalue weighted by atomic mass is 9.62. The molecule has 0 saturated heterocycles. The maximum Gasteiger partial charge on any atom is 0.128 e. The number of hydrogen-bond donors (Lipinski definition) is 2. The number of allylic oxidation sites excluding steroid dienone is 1. The third-order valence-electron chi connectivity index (χ3n) is 6.51. The minimum atomic E-state index is -0.236. The fourth-order valence-corrected chi connectivity index (χ4v) is 5.20. The van der Waals surface area contributed by atoms with Gasteiger partial charge in [-0.15, -0.1) is 0 Å². The normalized spacial score (nSPS) is 27.7. The van der Waals surface area contributed by atoms with Crippen LogP contribution in [-0.4, -0.2) is 16.3 Å². The highest BCUT2D eigenvalue weighted by Gasteiger charge is 2.53. The van der Waals surface area contributed by atoms with E-state index in [1.807, 2.05) is 6.07 Å². The number of aliphatic hydroxyl groups is 1. The van der Waals surface area contributed by atoms with Gasteiger partial charge in [-0.3, -0.25) is 0 Å². The monoisotopic (exact) mass is 360 g/mol. The van der Waals surface area contributed by atoms with Gasteiger partial charge in [0.05, 0.1) is 0 Å². The Morgan fingerprint density at radius 2 is 1.89 bits per heavy atom. The largest absolute Gasteiger partial charge is 0.508 e. The van der Waals surface area contributed by atoms with E-state index in [9.17, 15) is 10.2 Å². The van der Waals surface area contributed by atoms with E-state index < -0.39 is 0 Å². The van der Waals surface area contributed by atoms with Crippen molar-refractivity contribution in [2.75, 3.05) is 0 Å². The molecule has 0 fully saturated rings. The van der Waals surface area contributed by atoms with Gasteiger partial charge in [-0.2, -0.15) is 0 Å². The second-order valence-corrected chi connectivity index (χ2v) is 8.28. The molecule has 2 aromatic carbocycles. The van der Waals surface area contributed by atoms with Crippen LogP contribution in [0, 0.1) is 5.92 Å². The number of benzene rings is 2. The topological polar surface area (TPSA) is 49.7 Å². The average molecular weight is 360 g/mol. The quantitative estimate of drug-likeness (QED) is 0.740. The Hall–Kier alpha value is -2.68. The molecule has 0 radical (unpaired) electrons. The Morgan fingerprint density at radius 1 is 1.07 bits per heavy atom. The number of aliphatic hydroxyl groups excluding tert-OH is 1. The van der Waals surface area contributed by atoms with Crippen molar-refractivity contribution in [1.29, 1.82) is 0 Å². The van der Waals surface area contributed by atoms with E-state index in [1.54, 1.807) is 24.3 Å². The molecule has 3 aliphatic rings. The lowest BCUT2D eigenvalue weighted by molar-refractivity contribution is 0.119. The summed E-state index contributed by atoms with van der Waals surface area (Å²) in [5, 5.41) is 20.0. The molecule has 1 aliphatic heterocycles. The number of aromatic hydroxyl groups is 1. The third kappa shape index (κ3) is 2.27. The van der Waals surface area contributed by atoms with Crippen molar-refractivity contribution in [3.63, 3.8) is 0 Å². The number of phenolic OH excluding ortho intramolecular Hbond substituents is 1. The molecule has 138 valence electrons. The number of aryl methyl sites for hydroxylation is 1. The zero-order chi connectivity index (χ0) is 18.8. The smallest absolute Gasteiger partial charge is 0.128 e. The Labute approximate surface area is 159 Å². The number of fused-ring (bicyclic) bond motifs is 6. The summed E-state index contributed by atoms with van der Waals surface area (Å²) in [4.78, 5) is 0. The van der Waals surface area contributed by atoms with Crippen LogP contribution in [0.25, 0.3) is 0 Å². The van der Waals surface area contributed by atoms with Gasteiger partial charge in [-0.05, 0) is 53.7 Å². The van der Waals surface area contributed by atoms with Crippen molar-refractivity contribution in [2.24, 2.45) is 5.92 Å². The molecule has 3 heteroatoms. The average Bonchev–Trinajstić information content (AvgIpc) is 3.00. The van der Waals surface area contributed by atoms with E-state index in [0.717, 1.165) is 24.2 Å². The van der Waals surface area contributed by atoms with Gasteiger partial charge in [0.2, 0.25) is 0 Å². The van der Waals surface area contributed by atoms with Gasteiger partial charge >= 0.3 is 0 Å². The minimum absolute atomic E-state index is 0.122.